The number of benzene rings is 2. The Balaban J connectivity index is 1.84. The molecule has 2 aromatic rings. The molecule has 1 aliphatic heterocycles. The SMILES string of the molecule is CCN1C(=O)CC(C(=O)Nc2ccc(C(=O)O)cc2)SC1=Nc1ccc(Cl)c(C(F)(F)F)c1. The van der Waals surface area contributed by atoms with Crippen molar-refractivity contribution in [2.45, 2.75) is 24.8 Å². The number of rotatable bonds is 5. The first-order chi connectivity index (χ1) is 15.5. The molecule has 33 heavy (non-hydrogen) atoms. The summed E-state index contributed by atoms with van der Waals surface area (Å²) in [7, 11) is 0. The Morgan fingerprint density at radius 1 is 1.24 bits per heavy atom. The number of carboxylic acid groups (broad SMARTS) is 1. The number of aliphatic imine (C=N–C) groups is 1. The maximum absolute atomic E-state index is 13.2. The molecule has 1 saturated heterocycles. The molecule has 0 aromatic heterocycles. The maximum Gasteiger partial charge on any atom is 0.417 e. The van der Waals surface area contributed by atoms with Gasteiger partial charge in [0, 0.05) is 18.7 Å². The molecule has 0 radical (unpaired) electrons. The van der Waals surface area contributed by atoms with E-state index in [0.717, 1.165) is 23.9 Å². The topological polar surface area (TPSA) is 99.1 Å². The van der Waals surface area contributed by atoms with Gasteiger partial charge in [0.2, 0.25) is 11.8 Å². The van der Waals surface area contributed by atoms with Crippen molar-refractivity contribution in [2.24, 2.45) is 4.99 Å². The van der Waals surface area contributed by atoms with Gasteiger partial charge in [-0.15, -0.1) is 0 Å². The zero-order chi connectivity index (χ0) is 24.3. The van der Waals surface area contributed by atoms with Crippen LogP contribution in [0.1, 0.15) is 29.3 Å². The first-order valence-electron chi connectivity index (χ1n) is 9.56. The summed E-state index contributed by atoms with van der Waals surface area (Å²) in [5.74, 6) is -2.04. The van der Waals surface area contributed by atoms with Gasteiger partial charge in [-0.3, -0.25) is 14.5 Å². The van der Waals surface area contributed by atoms with Crippen molar-refractivity contribution < 1.29 is 32.7 Å². The van der Waals surface area contributed by atoms with Crippen LogP contribution in [0, 0.1) is 0 Å². The van der Waals surface area contributed by atoms with Gasteiger partial charge in [0.1, 0.15) is 5.25 Å². The third-order valence-electron chi connectivity index (χ3n) is 4.63. The molecular formula is C21H17ClF3N3O4S. The van der Waals surface area contributed by atoms with Crippen LogP contribution in [0.15, 0.2) is 47.5 Å². The summed E-state index contributed by atoms with van der Waals surface area (Å²) in [4.78, 5) is 41.7. The van der Waals surface area contributed by atoms with E-state index in [1.807, 2.05) is 0 Å². The average molecular weight is 500 g/mol. The molecule has 0 aliphatic carbocycles. The lowest BCUT2D eigenvalue weighted by molar-refractivity contribution is -0.137. The normalized spacial score (nSPS) is 17.8. The minimum Gasteiger partial charge on any atom is -0.478 e. The number of nitrogens with one attached hydrogen (secondary N) is 1. The lowest BCUT2D eigenvalue weighted by atomic mass is 10.2. The highest BCUT2D eigenvalue weighted by Gasteiger charge is 2.36. The number of carbonyl (C=O) groups excluding carboxylic acids is 2. The zero-order valence-electron chi connectivity index (χ0n) is 17.0. The van der Waals surface area contributed by atoms with Gasteiger partial charge in [-0.2, -0.15) is 13.2 Å². The van der Waals surface area contributed by atoms with Gasteiger partial charge < -0.3 is 10.4 Å². The minimum atomic E-state index is -4.67. The van der Waals surface area contributed by atoms with Gasteiger partial charge >= 0.3 is 12.1 Å². The number of thioether (sulfide) groups is 1. The molecule has 2 amide bonds. The maximum atomic E-state index is 13.2. The van der Waals surface area contributed by atoms with Crippen molar-refractivity contribution in [3.05, 3.63) is 58.6 Å². The molecule has 0 spiro atoms. The summed E-state index contributed by atoms with van der Waals surface area (Å²) in [6.45, 7) is 1.90. The fraction of sp³-hybridized carbons (Fsp3) is 0.238. The number of hydrogen-bond donors (Lipinski definition) is 2. The quantitative estimate of drug-likeness (QED) is 0.600. The predicted molar refractivity (Wildman–Crippen MR) is 119 cm³/mol. The lowest BCUT2D eigenvalue weighted by Gasteiger charge is -2.31. The van der Waals surface area contributed by atoms with E-state index in [1.165, 1.54) is 35.2 Å². The summed E-state index contributed by atoms with van der Waals surface area (Å²) in [5.41, 5.74) is -0.738. The number of anilines is 1. The van der Waals surface area contributed by atoms with E-state index in [1.54, 1.807) is 6.92 Å². The van der Waals surface area contributed by atoms with Gasteiger partial charge in [0.05, 0.1) is 21.8 Å². The molecule has 0 bridgehead atoms. The lowest BCUT2D eigenvalue weighted by Crippen LogP contribution is -2.45. The van der Waals surface area contributed by atoms with Gasteiger partial charge in [-0.25, -0.2) is 9.79 Å². The Bertz CT molecular complexity index is 1120. The van der Waals surface area contributed by atoms with Gasteiger partial charge in [-0.05, 0) is 49.4 Å². The van der Waals surface area contributed by atoms with Crippen LogP contribution in [0.3, 0.4) is 0 Å². The van der Waals surface area contributed by atoms with Gasteiger partial charge in [0.15, 0.2) is 5.17 Å². The Hall–Kier alpha value is -3.05. The van der Waals surface area contributed by atoms with E-state index < -0.39 is 39.8 Å². The van der Waals surface area contributed by atoms with Crippen molar-refractivity contribution in [1.82, 2.24) is 4.90 Å². The summed E-state index contributed by atoms with van der Waals surface area (Å²) < 4.78 is 39.5. The van der Waals surface area contributed by atoms with Crippen LogP contribution in [0.5, 0.6) is 0 Å². The molecule has 1 heterocycles. The van der Waals surface area contributed by atoms with Crippen molar-refractivity contribution in [3.63, 3.8) is 0 Å². The van der Waals surface area contributed by atoms with Crippen molar-refractivity contribution >= 4 is 57.7 Å². The zero-order valence-corrected chi connectivity index (χ0v) is 18.6. The second kappa shape index (κ2) is 9.84. The highest BCUT2D eigenvalue weighted by molar-refractivity contribution is 8.15. The monoisotopic (exact) mass is 499 g/mol. The standard InChI is InChI=1S/C21H17ClF3N3O4S/c1-2-28-17(29)10-16(18(30)26-12-5-3-11(4-6-12)19(31)32)33-20(28)27-13-7-8-15(22)14(9-13)21(23,24)25/h3-9,16H,2,10H2,1H3,(H,26,30)(H,31,32). The third-order valence-corrected chi connectivity index (χ3v) is 6.15. The van der Waals surface area contributed by atoms with Crippen molar-refractivity contribution in [1.29, 1.82) is 0 Å². The molecule has 2 N–H and O–H groups in total. The number of hydrogen-bond acceptors (Lipinski definition) is 5. The van der Waals surface area contributed by atoms with Crippen molar-refractivity contribution in [3.8, 4) is 0 Å². The number of alkyl halides is 3. The van der Waals surface area contributed by atoms with Crippen LogP contribution in [0.4, 0.5) is 24.5 Å². The van der Waals surface area contributed by atoms with Crippen molar-refractivity contribution in [2.75, 3.05) is 11.9 Å². The number of aromatic carboxylic acids is 1. The number of amidine groups is 1. The van der Waals surface area contributed by atoms with Gasteiger partial charge in [0.25, 0.3) is 0 Å². The smallest absolute Gasteiger partial charge is 0.417 e. The Kier molecular flexibility index (Phi) is 7.33. The number of carboxylic acids is 1. The first-order valence-corrected chi connectivity index (χ1v) is 10.8. The molecule has 12 heteroatoms. The van der Waals surface area contributed by atoms with Crippen LogP contribution < -0.4 is 5.32 Å². The Labute approximate surface area is 195 Å². The largest absolute Gasteiger partial charge is 0.478 e. The van der Waals surface area contributed by atoms with E-state index in [0.29, 0.717) is 5.69 Å². The van der Waals surface area contributed by atoms with E-state index in [2.05, 4.69) is 10.3 Å². The molecule has 174 valence electrons. The second-order valence-corrected chi connectivity index (χ2v) is 8.45. The molecule has 7 nitrogen and oxygen atoms in total. The minimum absolute atomic E-state index is 0.0458. The molecule has 0 saturated carbocycles. The molecular weight excluding hydrogens is 483 g/mol. The van der Waals surface area contributed by atoms with E-state index >= 15 is 0 Å². The number of halogens is 4. The first kappa shape index (κ1) is 24.6. The highest BCUT2D eigenvalue weighted by Crippen LogP contribution is 2.37. The van der Waals surface area contributed by atoms with Crippen LogP contribution in [-0.2, 0) is 15.8 Å². The molecule has 1 atom stereocenters. The third kappa shape index (κ3) is 5.85. The van der Waals surface area contributed by atoms with Gasteiger partial charge in [-0.1, -0.05) is 23.4 Å². The molecule has 3 rings (SSSR count). The number of nitrogens with zero attached hydrogens (tertiary/aromatic N) is 2. The van der Waals surface area contributed by atoms with Crippen LogP contribution >= 0.6 is 23.4 Å². The Morgan fingerprint density at radius 3 is 2.48 bits per heavy atom. The highest BCUT2D eigenvalue weighted by atomic mass is 35.5. The average Bonchev–Trinajstić information content (AvgIpc) is 2.74. The number of amides is 2. The summed E-state index contributed by atoms with van der Waals surface area (Å²) in [6, 6.07) is 8.61. The van der Waals surface area contributed by atoms with E-state index in [4.69, 9.17) is 16.7 Å². The second-order valence-electron chi connectivity index (χ2n) is 6.88. The molecule has 1 aliphatic rings. The van der Waals surface area contributed by atoms with E-state index in [-0.39, 0.29) is 29.4 Å². The summed E-state index contributed by atoms with van der Waals surface area (Å²) in [6.07, 6.45) is -4.81. The summed E-state index contributed by atoms with van der Waals surface area (Å²) >= 11 is 6.60. The van der Waals surface area contributed by atoms with Crippen LogP contribution in [-0.4, -0.2) is 44.8 Å². The fourth-order valence-electron chi connectivity index (χ4n) is 2.98. The summed E-state index contributed by atoms with van der Waals surface area (Å²) in [5, 5.41) is 10.3. The number of carbonyl (C=O) groups is 3. The predicted octanol–water partition coefficient (Wildman–Crippen LogP) is 5.04. The van der Waals surface area contributed by atoms with Crippen LogP contribution in [0.25, 0.3) is 0 Å². The van der Waals surface area contributed by atoms with Crippen LogP contribution in [0.2, 0.25) is 5.02 Å². The fourth-order valence-corrected chi connectivity index (χ4v) is 4.37. The van der Waals surface area contributed by atoms with E-state index in [9.17, 15) is 27.6 Å². The molecule has 2 aromatic carbocycles. The Morgan fingerprint density at radius 2 is 1.91 bits per heavy atom. The molecule has 1 unspecified atom stereocenters. The molecule has 1 fully saturated rings.